The second kappa shape index (κ2) is 6.55. The molecule has 0 atom stereocenters. The second-order valence-corrected chi connectivity index (χ2v) is 5.96. The van der Waals surface area contributed by atoms with Crippen molar-refractivity contribution in [2.45, 2.75) is 19.8 Å². The molecule has 100 valence electrons. The highest BCUT2D eigenvalue weighted by Crippen LogP contribution is 2.24. The minimum atomic E-state index is 0.0797. The SMILES string of the molecule is CCN(CC1CCNCC1)C(=O)c1sccc1Cl. The Balaban J connectivity index is 1.99. The van der Waals surface area contributed by atoms with E-state index in [0.717, 1.165) is 39.0 Å². The Kier molecular flexibility index (Phi) is 5.03. The van der Waals surface area contributed by atoms with Crippen LogP contribution in [-0.4, -0.2) is 37.0 Å². The molecule has 1 aromatic heterocycles. The number of hydrogen-bond acceptors (Lipinski definition) is 3. The minimum absolute atomic E-state index is 0.0797. The van der Waals surface area contributed by atoms with Gasteiger partial charge in [-0.15, -0.1) is 11.3 Å². The summed E-state index contributed by atoms with van der Waals surface area (Å²) in [6, 6.07) is 1.79. The van der Waals surface area contributed by atoms with Crippen LogP contribution in [0.2, 0.25) is 5.02 Å². The Morgan fingerprint density at radius 3 is 2.83 bits per heavy atom. The average molecular weight is 287 g/mol. The number of nitrogens with zero attached hydrogens (tertiary/aromatic N) is 1. The van der Waals surface area contributed by atoms with E-state index in [1.54, 1.807) is 6.07 Å². The van der Waals surface area contributed by atoms with E-state index in [0.29, 0.717) is 15.8 Å². The molecule has 2 rings (SSSR count). The Morgan fingerprint density at radius 1 is 1.56 bits per heavy atom. The molecule has 2 heterocycles. The number of amides is 1. The number of thiophene rings is 1. The number of carbonyl (C=O) groups is 1. The van der Waals surface area contributed by atoms with Gasteiger partial charge in [-0.05, 0) is 50.2 Å². The first-order chi connectivity index (χ1) is 8.72. The van der Waals surface area contributed by atoms with Crippen molar-refractivity contribution in [2.75, 3.05) is 26.2 Å². The molecule has 0 aliphatic carbocycles. The van der Waals surface area contributed by atoms with Gasteiger partial charge >= 0.3 is 0 Å². The van der Waals surface area contributed by atoms with Crippen LogP contribution >= 0.6 is 22.9 Å². The fourth-order valence-electron chi connectivity index (χ4n) is 2.32. The fraction of sp³-hybridized carbons (Fsp3) is 0.615. The monoisotopic (exact) mass is 286 g/mol. The van der Waals surface area contributed by atoms with Crippen molar-refractivity contribution in [3.05, 3.63) is 21.3 Å². The molecular formula is C13H19ClN2OS. The lowest BCUT2D eigenvalue weighted by Crippen LogP contribution is -2.39. The summed E-state index contributed by atoms with van der Waals surface area (Å²) in [7, 11) is 0. The predicted octanol–water partition coefficient (Wildman–Crippen LogP) is 2.86. The topological polar surface area (TPSA) is 32.3 Å². The lowest BCUT2D eigenvalue weighted by Gasteiger charge is -2.29. The van der Waals surface area contributed by atoms with Gasteiger partial charge in [0.2, 0.25) is 0 Å². The number of carbonyl (C=O) groups excluding carboxylic acids is 1. The van der Waals surface area contributed by atoms with Gasteiger partial charge in [0.05, 0.1) is 5.02 Å². The summed E-state index contributed by atoms with van der Waals surface area (Å²) in [6.07, 6.45) is 2.31. The van der Waals surface area contributed by atoms with E-state index < -0.39 is 0 Å². The van der Waals surface area contributed by atoms with Crippen LogP contribution in [0.1, 0.15) is 29.4 Å². The van der Waals surface area contributed by atoms with Crippen molar-refractivity contribution in [1.82, 2.24) is 10.2 Å². The van der Waals surface area contributed by atoms with Crippen molar-refractivity contribution in [1.29, 1.82) is 0 Å². The maximum absolute atomic E-state index is 12.4. The van der Waals surface area contributed by atoms with Gasteiger partial charge in [-0.25, -0.2) is 0 Å². The molecule has 0 aromatic carbocycles. The molecular weight excluding hydrogens is 268 g/mol. The van der Waals surface area contributed by atoms with Crippen LogP contribution in [-0.2, 0) is 0 Å². The van der Waals surface area contributed by atoms with Gasteiger partial charge in [-0.3, -0.25) is 4.79 Å². The van der Waals surface area contributed by atoms with E-state index in [9.17, 15) is 4.79 Å². The summed E-state index contributed by atoms with van der Waals surface area (Å²) in [4.78, 5) is 15.0. The minimum Gasteiger partial charge on any atom is -0.338 e. The van der Waals surface area contributed by atoms with Gasteiger partial charge in [0, 0.05) is 13.1 Å². The largest absolute Gasteiger partial charge is 0.338 e. The Bertz CT molecular complexity index is 401. The first kappa shape index (κ1) is 13.8. The highest BCUT2D eigenvalue weighted by atomic mass is 35.5. The molecule has 18 heavy (non-hydrogen) atoms. The summed E-state index contributed by atoms with van der Waals surface area (Å²) < 4.78 is 0. The van der Waals surface area contributed by atoms with E-state index in [2.05, 4.69) is 5.32 Å². The zero-order valence-corrected chi connectivity index (χ0v) is 12.2. The van der Waals surface area contributed by atoms with Crippen molar-refractivity contribution in [2.24, 2.45) is 5.92 Å². The molecule has 1 saturated heterocycles. The molecule has 0 spiro atoms. The molecule has 0 saturated carbocycles. The molecule has 1 amide bonds. The molecule has 1 N–H and O–H groups in total. The van der Waals surface area contributed by atoms with Crippen LogP contribution in [0.4, 0.5) is 0 Å². The van der Waals surface area contributed by atoms with E-state index in [1.807, 2.05) is 17.2 Å². The molecule has 1 fully saturated rings. The molecule has 0 radical (unpaired) electrons. The van der Waals surface area contributed by atoms with Crippen LogP contribution in [0.5, 0.6) is 0 Å². The van der Waals surface area contributed by atoms with E-state index >= 15 is 0 Å². The quantitative estimate of drug-likeness (QED) is 0.923. The summed E-state index contributed by atoms with van der Waals surface area (Å²) >= 11 is 7.46. The third kappa shape index (κ3) is 3.25. The lowest BCUT2D eigenvalue weighted by atomic mass is 9.97. The molecule has 1 aromatic rings. The maximum atomic E-state index is 12.4. The third-order valence-corrected chi connectivity index (χ3v) is 4.75. The molecule has 0 bridgehead atoms. The molecule has 5 heteroatoms. The summed E-state index contributed by atoms with van der Waals surface area (Å²) in [5, 5.41) is 5.80. The standard InChI is InChI=1S/C13H19ClN2OS/c1-2-16(9-10-3-6-15-7-4-10)13(17)12-11(14)5-8-18-12/h5,8,10,15H,2-4,6-7,9H2,1H3. The van der Waals surface area contributed by atoms with E-state index in [-0.39, 0.29) is 5.91 Å². The van der Waals surface area contributed by atoms with Crippen LogP contribution in [0.3, 0.4) is 0 Å². The Labute approximate surface area is 117 Å². The molecule has 3 nitrogen and oxygen atoms in total. The molecule has 0 unspecified atom stereocenters. The van der Waals surface area contributed by atoms with Crippen molar-refractivity contribution in [3.8, 4) is 0 Å². The number of rotatable bonds is 4. The third-order valence-electron chi connectivity index (χ3n) is 3.42. The number of nitrogens with one attached hydrogen (secondary N) is 1. The zero-order chi connectivity index (χ0) is 13.0. The van der Waals surface area contributed by atoms with Crippen LogP contribution in [0.25, 0.3) is 0 Å². The maximum Gasteiger partial charge on any atom is 0.265 e. The normalized spacial score (nSPS) is 16.8. The number of hydrogen-bond donors (Lipinski definition) is 1. The van der Waals surface area contributed by atoms with Crippen LogP contribution < -0.4 is 5.32 Å². The first-order valence-electron chi connectivity index (χ1n) is 6.45. The highest BCUT2D eigenvalue weighted by Gasteiger charge is 2.22. The second-order valence-electron chi connectivity index (χ2n) is 4.63. The summed E-state index contributed by atoms with van der Waals surface area (Å²) in [5.41, 5.74) is 0. The van der Waals surface area contributed by atoms with E-state index in [4.69, 9.17) is 11.6 Å². The first-order valence-corrected chi connectivity index (χ1v) is 7.71. The van der Waals surface area contributed by atoms with Crippen molar-refractivity contribution >= 4 is 28.8 Å². The highest BCUT2D eigenvalue weighted by molar-refractivity contribution is 7.12. The van der Waals surface area contributed by atoms with Gasteiger partial charge < -0.3 is 10.2 Å². The Hall–Kier alpha value is -0.580. The van der Waals surface area contributed by atoms with E-state index in [1.165, 1.54) is 11.3 Å². The smallest absolute Gasteiger partial charge is 0.265 e. The van der Waals surface area contributed by atoms with Gasteiger partial charge in [0.1, 0.15) is 4.88 Å². The van der Waals surface area contributed by atoms with Crippen molar-refractivity contribution in [3.63, 3.8) is 0 Å². The average Bonchev–Trinajstić information content (AvgIpc) is 2.82. The molecule has 1 aliphatic heterocycles. The molecule has 1 aliphatic rings. The summed E-state index contributed by atoms with van der Waals surface area (Å²) in [6.45, 7) is 5.76. The van der Waals surface area contributed by atoms with Gasteiger partial charge in [0.15, 0.2) is 0 Å². The van der Waals surface area contributed by atoms with Gasteiger partial charge in [-0.1, -0.05) is 11.6 Å². The van der Waals surface area contributed by atoms with Gasteiger partial charge in [-0.2, -0.15) is 0 Å². The van der Waals surface area contributed by atoms with Crippen LogP contribution in [0.15, 0.2) is 11.4 Å². The number of halogens is 1. The lowest BCUT2D eigenvalue weighted by molar-refractivity contribution is 0.0732. The predicted molar refractivity (Wildman–Crippen MR) is 76.5 cm³/mol. The summed E-state index contributed by atoms with van der Waals surface area (Å²) in [5.74, 6) is 0.699. The van der Waals surface area contributed by atoms with Gasteiger partial charge in [0.25, 0.3) is 5.91 Å². The van der Waals surface area contributed by atoms with Crippen molar-refractivity contribution < 1.29 is 4.79 Å². The zero-order valence-electron chi connectivity index (χ0n) is 10.6. The fourth-order valence-corrected chi connectivity index (χ4v) is 3.42. The van der Waals surface area contributed by atoms with Crippen LogP contribution in [0, 0.1) is 5.92 Å². The number of piperidine rings is 1. The Morgan fingerprint density at radius 2 is 2.28 bits per heavy atom.